The second-order valence-corrected chi connectivity index (χ2v) is 6.17. The van der Waals surface area contributed by atoms with Crippen molar-refractivity contribution in [2.24, 2.45) is 0 Å². The first-order chi connectivity index (χ1) is 11.4. The molecule has 3 aromatic carbocycles. The molecule has 2 aliphatic rings. The van der Waals surface area contributed by atoms with Crippen molar-refractivity contribution in [1.82, 2.24) is 0 Å². The number of rotatable bonds is 1. The molecule has 0 bridgehead atoms. The molecule has 1 aliphatic heterocycles. The van der Waals surface area contributed by atoms with Gasteiger partial charge >= 0.3 is 0 Å². The maximum atomic E-state index is 6.31. The van der Waals surface area contributed by atoms with E-state index in [2.05, 4.69) is 72.8 Å². The minimum Gasteiger partial charge on any atom is -0.456 e. The number of ether oxygens (including phenoxy) is 1. The molecule has 0 unspecified atom stereocenters. The Labute approximate surface area is 135 Å². The third-order valence-electron chi connectivity index (χ3n) is 4.86. The lowest BCUT2D eigenvalue weighted by Gasteiger charge is -2.28. The van der Waals surface area contributed by atoms with E-state index >= 15 is 0 Å². The monoisotopic (exact) mass is 296 g/mol. The van der Waals surface area contributed by atoms with Gasteiger partial charge in [0.15, 0.2) is 0 Å². The molecule has 1 heteroatoms. The Bertz CT molecular complexity index is 921. The fraction of sp³-hybridized carbons (Fsp3) is 0.0909. The standard InChI is InChI=1S/C22H16O/c1-2-8-15(9-3-1)21-18-12-6-7-13-20(18)23-22-17-11-5-4-10-16(17)14-19(21)22/h1-13,21H,14H2/t21-/m1/s1. The van der Waals surface area contributed by atoms with E-state index in [1.807, 2.05) is 6.07 Å². The Morgan fingerprint density at radius 1 is 0.739 bits per heavy atom. The molecule has 1 aliphatic carbocycles. The molecular weight excluding hydrogens is 280 g/mol. The summed E-state index contributed by atoms with van der Waals surface area (Å²) in [5, 5.41) is 0. The lowest BCUT2D eigenvalue weighted by atomic mass is 9.82. The zero-order chi connectivity index (χ0) is 15.2. The first kappa shape index (κ1) is 12.7. The molecule has 1 nitrogen and oxygen atoms in total. The lowest BCUT2D eigenvalue weighted by Crippen LogP contribution is -2.14. The molecule has 23 heavy (non-hydrogen) atoms. The van der Waals surface area contributed by atoms with Gasteiger partial charge in [-0.3, -0.25) is 0 Å². The molecule has 0 N–H and O–H groups in total. The highest BCUT2D eigenvalue weighted by Crippen LogP contribution is 2.50. The highest BCUT2D eigenvalue weighted by atomic mass is 16.5. The lowest BCUT2D eigenvalue weighted by molar-refractivity contribution is 0.486. The summed E-state index contributed by atoms with van der Waals surface area (Å²) in [6.45, 7) is 0. The molecular formula is C22H16O. The predicted octanol–water partition coefficient (Wildman–Crippen LogP) is 5.18. The van der Waals surface area contributed by atoms with E-state index in [9.17, 15) is 0 Å². The van der Waals surface area contributed by atoms with Crippen molar-refractivity contribution in [2.45, 2.75) is 12.3 Å². The molecule has 1 atom stereocenters. The van der Waals surface area contributed by atoms with E-state index in [4.69, 9.17) is 4.74 Å². The van der Waals surface area contributed by atoms with Gasteiger partial charge in [0.2, 0.25) is 0 Å². The maximum Gasteiger partial charge on any atom is 0.135 e. The largest absolute Gasteiger partial charge is 0.456 e. The minimum absolute atomic E-state index is 0.281. The summed E-state index contributed by atoms with van der Waals surface area (Å²) in [6, 6.07) is 27.8. The molecule has 5 rings (SSSR count). The van der Waals surface area contributed by atoms with Gasteiger partial charge in [-0.05, 0) is 29.2 Å². The number of allylic oxidation sites excluding steroid dienone is 1. The van der Waals surface area contributed by atoms with Crippen molar-refractivity contribution < 1.29 is 4.74 Å². The van der Waals surface area contributed by atoms with Gasteiger partial charge in [0.25, 0.3) is 0 Å². The number of hydrogen-bond donors (Lipinski definition) is 0. The average molecular weight is 296 g/mol. The van der Waals surface area contributed by atoms with Gasteiger partial charge in [0.05, 0.1) is 0 Å². The summed E-state index contributed by atoms with van der Waals surface area (Å²) in [5.41, 5.74) is 6.61. The van der Waals surface area contributed by atoms with Crippen LogP contribution in [0.5, 0.6) is 5.75 Å². The first-order valence-corrected chi connectivity index (χ1v) is 8.05. The van der Waals surface area contributed by atoms with Crippen molar-refractivity contribution in [3.8, 4) is 5.75 Å². The number of para-hydroxylation sites is 1. The maximum absolute atomic E-state index is 6.31. The Morgan fingerprint density at radius 2 is 1.48 bits per heavy atom. The van der Waals surface area contributed by atoms with Crippen LogP contribution in [0.2, 0.25) is 0 Å². The third-order valence-corrected chi connectivity index (χ3v) is 4.86. The molecule has 0 saturated carbocycles. The highest BCUT2D eigenvalue weighted by Gasteiger charge is 2.35. The van der Waals surface area contributed by atoms with Gasteiger partial charge in [-0.1, -0.05) is 72.8 Å². The van der Waals surface area contributed by atoms with Crippen LogP contribution < -0.4 is 4.74 Å². The first-order valence-electron chi connectivity index (χ1n) is 8.05. The van der Waals surface area contributed by atoms with Crippen LogP contribution in [0.15, 0.2) is 84.4 Å². The second kappa shape index (κ2) is 4.85. The zero-order valence-electron chi connectivity index (χ0n) is 12.7. The number of fused-ring (bicyclic) bond motifs is 3. The quantitative estimate of drug-likeness (QED) is 0.601. The van der Waals surface area contributed by atoms with Crippen LogP contribution in [-0.2, 0) is 6.42 Å². The number of benzene rings is 3. The summed E-state index contributed by atoms with van der Waals surface area (Å²) in [6.07, 6.45) is 0.972. The van der Waals surface area contributed by atoms with E-state index in [0.717, 1.165) is 17.9 Å². The molecule has 1 heterocycles. The van der Waals surface area contributed by atoms with Crippen molar-refractivity contribution in [2.75, 3.05) is 0 Å². The Morgan fingerprint density at radius 3 is 2.39 bits per heavy atom. The van der Waals surface area contributed by atoms with Crippen molar-refractivity contribution in [3.05, 3.63) is 107 Å². The predicted molar refractivity (Wildman–Crippen MR) is 92.4 cm³/mol. The van der Waals surface area contributed by atoms with Crippen LogP contribution >= 0.6 is 0 Å². The van der Waals surface area contributed by atoms with Crippen LogP contribution in [0.1, 0.15) is 28.2 Å². The normalized spacial score (nSPS) is 18.0. The van der Waals surface area contributed by atoms with Crippen molar-refractivity contribution >= 4 is 5.76 Å². The zero-order valence-corrected chi connectivity index (χ0v) is 12.7. The third kappa shape index (κ3) is 1.86. The summed E-state index contributed by atoms with van der Waals surface area (Å²) in [5.74, 6) is 2.33. The minimum atomic E-state index is 0.281. The van der Waals surface area contributed by atoms with Crippen LogP contribution in [-0.4, -0.2) is 0 Å². The fourth-order valence-corrected chi connectivity index (χ4v) is 3.84. The van der Waals surface area contributed by atoms with Gasteiger partial charge in [0, 0.05) is 17.0 Å². The van der Waals surface area contributed by atoms with E-state index in [1.54, 1.807) is 0 Å². The Balaban J connectivity index is 1.75. The van der Waals surface area contributed by atoms with E-state index < -0.39 is 0 Å². The molecule has 0 spiro atoms. The topological polar surface area (TPSA) is 9.23 Å². The molecule has 110 valence electrons. The smallest absolute Gasteiger partial charge is 0.135 e. The van der Waals surface area contributed by atoms with E-state index in [0.29, 0.717) is 0 Å². The van der Waals surface area contributed by atoms with Gasteiger partial charge in [-0.25, -0.2) is 0 Å². The number of hydrogen-bond acceptors (Lipinski definition) is 1. The molecule has 0 fully saturated rings. The Kier molecular flexibility index (Phi) is 2.68. The van der Waals surface area contributed by atoms with Crippen LogP contribution in [0.4, 0.5) is 0 Å². The van der Waals surface area contributed by atoms with E-state index in [1.165, 1.54) is 27.8 Å². The molecule has 0 radical (unpaired) electrons. The summed E-state index contributed by atoms with van der Waals surface area (Å²) in [7, 11) is 0. The summed E-state index contributed by atoms with van der Waals surface area (Å²) >= 11 is 0. The summed E-state index contributed by atoms with van der Waals surface area (Å²) in [4.78, 5) is 0. The molecule has 0 amide bonds. The van der Waals surface area contributed by atoms with Gasteiger partial charge in [-0.15, -0.1) is 0 Å². The second-order valence-electron chi connectivity index (χ2n) is 6.17. The van der Waals surface area contributed by atoms with Crippen molar-refractivity contribution in [1.29, 1.82) is 0 Å². The SMILES string of the molecule is c1ccc([C@H]2C3=C(Oc4ccccc42)c2ccccc2C3)cc1. The molecule has 3 aromatic rings. The fourth-order valence-electron chi connectivity index (χ4n) is 3.84. The highest BCUT2D eigenvalue weighted by molar-refractivity contribution is 5.78. The van der Waals surface area contributed by atoms with Crippen molar-refractivity contribution in [3.63, 3.8) is 0 Å². The van der Waals surface area contributed by atoms with Crippen LogP contribution in [0.25, 0.3) is 5.76 Å². The van der Waals surface area contributed by atoms with Crippen LogP contribution in [0, 0.1) is 0 Å². The average Bonchev–Trinajstić information content (AvgIpc) is 2.98. The Hall–Kier alpha value is -2.80. The van der Waals surface area contributed by atoms with Crippen LogP contribution in [0.3, 0.4) is 0 Å². The van der Waals surface area contributed by atoms with Gasteiger partial charge in [-0.2, -0.15) is 0 Å². The summed E-state index contributed by atoms with van der Waals surface area (Å²) < 4.78 is 6.31. The molecule has 0 saturated heterocycles. The van der Waals surface area contributed by atoms with Gasteiger partial charge < -0.3 is 4.74 Å². The van der Waals surface area contributed by atoms with E-state index in [-0.39, 0.29) is 5.92 Å². The van der Waals surface area contributed by atoms with Gasteiger partial charge in [0.1, 0.15) is 11.5 Å². The molecule has 0 aromatic heterocycles.